The second-order valence-electron chi connectivity index (χ2n) is 5.81. The average molecular weight is 350 g/mol. The molecule has 0 atom stereocenters. The Labute approximate surface area is 150 Å². The maximum absolute atomic E-state index is 12.4. The summed E-state index contributed by atoms with van der Waals surface area (Å²) in [5.74, 6) is 0.966. The zero-order valence-electron chi connectivity index (χ0n) is 13.8. The average Bonchev–Trinajstić information content (AvgIpc) is 3.24. The van der Waals surface area contributed by atoms with Crippen molar-refractivity contribution in [2.45, 2.75) is 11.7 Å². The molecular weight excluding hydrogens is 332 g/mol. The van der Waals surface area contributed by atoms with Gasteiger partial charge in [-0.05, 0) is 36.4 Å². The van der Waals surface area contributed by atoms with Crippen molar-refractivity contribution < 1.29 is 4.79 Å². The van der Waals surface area contributed by atoms with Gasteiger partial charge in [-0.15, -0.1) is 0 Å². The molecule has 1 aliphatic rings. The van der Waals surface area contributed by atoms with E-state index in [4.69, 9.17) is 0 Å². The summed E-state index contributed by atoms with van der Waals surface area (Å²) in [6.07, 6.45) is 2.08. The molecule has 126 valence electrons. The third kappa shape index (κ3) is 3.25. The molecule has 1 amide bonds. The minimum absolute atomic E-state index is 0.123. The van der Waals surface area contributed by atoms with Crippen LogP contribution >= 0.6 is 11.8 Å². The molecule has 0 saturated carbocycles. The standard InChI is InChI=1S/C19H18N4OS/c1-20-15-7-5-13(6-8-15)18(24)21-16-4-2-3-14(11-16)17-12-23-9-10-25-19(23)22-17/h2-8,11-12,20H,9-10H2,1H3,(H,21,24). The van der Waals surface area contributed by atoms with Crippen LogP contribution in [0.3, 0.4) is 0 Å². The fourth-order valence-electron chi connectivity index (χ4n) is 2.80. The van der Waals surface area contributed by atoms with Crippen molar-refractivity contribution in [3.63, 3.8) is 0 Å². The molecule has 0 fully saturated rings. The molecule has 3 aromatic rings. The maximum Gasteiger partial charge on any atom is 0.255 e. The number of hydrogen-bond donors (Lipinski definition) is 2. The highest BCUT2D eigenvalue weighted by molar-refractivity contribution is 7.99. The number of fused-ring (bicyclic) bond motifs is 1. The van der Waals surface area contributed by atoms with E-state index in [9.17, 15) is 4.79 Å². The number of carbonyl (C=O) groups excluding carboxylic acids is 1. The molecule has 0 unspecified atom stereocenters. The van der Waals surface area contributed by atoms with Gasteiger partial charge in [-0.2, -0.15) is 0 Å². The highest BCUT2D eigenvalue weighted by Gasteiger charge is 2.15. The number of nitrogens with zero attached hydrogens (tertiary/aromatic N) is 2. The minimum atomic E-state index is -0.123. The van der Waals surface area contributed by atoms with Crippen LogP contribution in [0.1, 0.15) is 10.4 Å². The Morgan fingerprint density at radius 2 is 2.00 bits per heavy atom. The van der Waals surface area contributed by atoms with Crippen LogP contribution in [0, 0.1) is 0 Å². The van der Waals surface area contributed by atoms with E-state index >= 15 is 0 Å². The molecule has 0 radical (unpaired) electrons. The van der Waals surface area contributed by atoms with E-state index < -0.39 is 0 Å². The number of aryl methyl sites for hydroxylation is 1. The summed E-state index contributed by atoms with van der Waals surface area (Å²) < 4.78 is 2.18. The van der Waals surface area contributed by atoms with Gasteiger partial charge in [0.25, 0.3) is 5.91 Å². The largest absolute Gasteiger partial charge is 0.388 e. The van der Waals surface area contributed by atoms with Gasteiger partial charge in [0.15, 0.2) is 5.16 Å². The molecule has 0 spiro atoms. The molecule has 2 heterocycles. The molecule has 5 nitrogen and oxygen atoms in total. The van der Waals surface area contributed by atoms with E-state index in [0.717, 1.165) is 40.1 Å². The SMILES string of the molecule is CNc1ccc(C(=O)Nc2cccc(-c3cn4c(n3)SCC4)c2)cc1. The molecule has 25 heavy (non-hydrogen) atoms. The number of thioether (sulfide) groups is 1. The highest BCUT2D eigenvalue weighted by Crippen LogP contribution is 2.30. The van der Waals surface area contributed by atoms with Crippen LogP contribution in [-0.2, 0) is 6.54 Å². The number of rotatable bonds is 4. The first-order chi connectivity index (χ1) is 12.2. The molecule has 0 aliphatic carbocycles. The molecule has 1 aromatic heterocycles. The van der Waals surface area contributed by atoms with Gasteiger partial charge in [-0.1, -0.05) is 23.9 Å². The first-order valence-electron chi connectivity index (χ1n) is 8.12. The summed E-state index contributed by atoms with van der Waals surface area (Å²) >= 11 is 1.78. The number of anilines is 2. The van der Waals surface area contributed by atoms with Gasteiger partial charge in [0.1, 0.15) is 0 Å². The first kappa shape index (κ1) is 15.8. The van der Waals surface area contributed by atoms with Crippen molar-refractivity contribution in [2.24, 2.45) is 0 Å². The normalized spacial score (nSPS) is 12.7. The topological polar surface area (TPSA) is 59.0 Å². The molecule has 0 bridgehead atoms. The van der Waals surface area contributed by atoms with Crippen molar-refractivity contribution in [3.8, 4) is 11.3 Å². The lowest BCUT2D eigenvalue weighted by molar-refractivity contribution is 0.102. The van der Waals surface area contributed by atoms with Crippen molar-refractivity contribution in [1.82, 2.24) is 9.55 Å². The summed E-state index contributed by atoms with van der Waals surface area (Å²) in [5.41, 5.74) is 4.31. The van der Waals surface area contributed by atoms with Crippen LogP contribution in [0.4, 0.5) is 11.4 Å². The molecule has 2 aromatic carbocycles. The third-order valence-electron chi connectivity index (χ3n) is 4.16. The smallest absolute Gasteiger partial charge is 0.255 e. The fraction of sp³-hybridized carbons (Fsp3) is 0.158. The van der Waals surface area contributed by atoms with Crippen LogP contribution in [0.2, 0.25) is 0 Å². The predicted octanol–water partition coefficient (Wildman–Crippen LogP) is 3.95. The number of aromatic nitrogens is 2. The van der Waals surface area contributed by atoms with Crippen LogP contribution < -0.4 is 10.6 Å². The third-order valence-corrected chi connectivity index (χ3v) is 5.13. The van der Waals surface area contributed by atoms with Gasteiger partial charge in [0.2, 0.25) is 0 Å². The van der Waals surface area contributed by atoms with Gasteiger partial charge in [0, 0.05) is 48.0 Å². The molecule has 2 N–H and O–H groups in total. The monoisotopic (exact) mass is 350 g/mol. The summed E-state index contributed by atoms with van der Waals surface area (Å²) in [6.45, 7) is 1.01. The number of nitrogens with one attached hydrogen (secondary N) is 2. The van der Waals surface area contributed by atoms with E-state index in [2.05, 4.69) is 26.4 Å². The number of amides is 1. The zero-order valence-corrected chi connectivity index (χ0v) is 14.6. The minimum Gasteiger partial charge on any atom is -0.388 e. The van der Waals surface area contributed by atoms with E-state index in [-0.39, 0.29) is 5.91 Å². The lowest BCUT2D eigenvalue weighted by Gasteiger charge is -2.07. The van der Waals surface area contributed by atoms with Crippen molar-refractivity contribution >= 4 is 29.0 Å². The molecular formula is C19H18N4OS. The summed E-state index contributed by atoms with van der Waals surface area (Å²) in [6, 6.07) is 15.2. The van der Waals surface area contributed by atoms with Gasteiger partial charge in [-0.3, -0.25) is 4.79 Å². The first-order valence-corrected chi connectivity index (χ1v) is 9.11. The van der Waals surface area contributed by atoms with E-state index in [0.29, 0.717) is 5.56 Å². The molecule has 4 rings (SSSR count). The van der Waals surface area contributed by atoms with Gasteiger partial charge >= 0.3 is 0 Å². The molecule has 1 aliphatic heterocycles. The van der Waals surface area contributed by atoms with Crippen molar-refractivity contribution in [2.75, 3.05) is 23.4 Å². The van der Waals surface area contributed by atoms with Crippen molar-refractivity contribution in [3.05, 3.63) is 60.3 Å². The van der Waals surface area contributed by atoms with E-state index in [1.54, 1.807) is 11.8 Å². The number of hydrogen-bond acceptors (Lipinski definition) is 4. The number of imidazole rings is 1. The number of benzene rings is 2. The second kappa shape index (κ2) is 6.64. The maximum atomic E-state index is 12.4. The lowest BCUT2D eigenvalue weighted by atomic mass is 10.1. The Kier molecular flexibility index (Phi) is 4.19. The van der Waals surface area contributed by atoms with Crippen LogP contribution in [-0.4, -0.2) is 28.3 Å². The fourth-order valence-corrected chi connectivity index (χ4v) is 3.74. The van der Waals surface area contributed by atoms with Crippen LogP contribution in [0.25, 0.3) is 11.3 Å². The Morgan fingerprint density at radius 3 is 2.76 bits per heavy atom. The van der Waals surface area contributed by atoms with Gasteiger partial charge in [-0.25, -0.2) is 4.98 Å². The van der Waals surface area contributed by atoms with E-state index in [1.165, 1.54) is 0 Å². The quantitative estimate of drug-likeness (QED) is 0.748. The Balaban J connectivity index is 1.53. The Morgan fingerprint density at radius 1 is 1.16 bits per heavy atom. The predicted molar refractivity (Wildman–Crippen MR) is 102 cm³/mol. The summed E-state index contributed by atoms with van der Waals surface area (Å²) in [4.78, 5) is 17.1. The molecule has 6 heteroatoms. The lowest BCUT2D eigenvalue weighted by Crippen LogP contribution is -2.11. The highest BCUT2D eigenvalue weighted by atomic mass is 32.2. The van der Waals surface area contributed by atoms with Crippen LogP contribution in [0.15, 0.2) is 59.9 Å². The zero-order chi connectivity index (χ0) is 17.2. The number of carbonyl (C=O) groups is 1. The van der Waals surface area contributed by atoms with Gasteiger partial charge in [0.05, 0.1) is 5.69 Å². The Bertz CT molecular complexity index is 896. The van der Waals surface area contributed by atoms with Crippen molar-refractivity contribution in [1.29, 1.82) is 0 Å². The second-order valence-corrected chi connectivity index (χ2v) is 6.87. The summed E-state index contributed by atoms with van der Waals surface area (Å²) in [7, 11) is 1.85. The van der Waals surface area contributed by atoms with Crippen LogP contribution in [0.5, 0.6) is 0 Å². The summed E-state index contributed by atoms with van der Waals surface area (Å²) in [5, 5.41) is 7.06. The van der Waals surface area contributed by atoms with Gasteiger partial charge < -0.3 is 15.2 Å². The Hall–Kier alpha value is -2.73. The molecule has 0 saturated heterocycles. The van der Waals surface area contributed by atoms with E-state index in [1.807, 2.05) is 55.6 Å².